The summed E-state index contributed by atoms with van der Waals surface area (Å²) < 4.78 is 11.0. The van der Waals surface area contributed by atoms with Crippen molar-refractivity contribution in [3.8, 4) is 5.75 Å². The van der Waals surface area contributed by atoms with Crippen LogP contribution in [0.4, 0.5) is 0 Å². The minimum absolute atomic E-state index is 0.0821. The van der Waals surface area contributed by atoms with Gasteiger partial charge in [0.2, 0.25) is 0 Å². The van der Waals surface area contributed by atoms with E-state index in [1.54, 1.807) is 0 Å². The standard InChI is InChI=1S/C22H28O4/c1-13(23)25-16-5-7-17-15(12-16)4-6-19-18(17)10-11-22(3)20(19)8-9-21(22)26-14(2)24/h5,7,12,18-21H,4,6,8-11H2,1-3H3/t18-,19-,20+,21+,22+/m1/s1. The molecule has 0 bridgehead atoms. The third-order valence-corrected chi connectivity index (χ3v) is 7.18. The molecule has 0 amide bonds. The lowest BCUT2D eigenvalue weighted by molar-refractivity contribution is -0.154. The monoisotopic (exact) mass is 356 g/mol. The van der Waals surface area contributed by atoms with Crippen LogP contribution < -0.4 is 4.74 Å². The molecule has 0 radical (unpaired) electrons. The van der Waals surface area contributed by atoms with Gasteiger partial charge in [-0.25, -0.2) is 0 Å². The first-order valence-electron chi connectivity index (χ1n) is 9.87. The van der Waals surface area contributed by atoms with Crippen molar-refractivity contribution in [3.63, 3.8) is 0 Å². The Morgan fingerprint density at radius 2 is 1.88 bits per heavy atom. The van der Waals surface area contributed by atoms with Crippen LogP contribution in [0.25, 0.3) is 0 Å². The van der Waals surface area contributed by atoms with Crippen molar-refractivity contribution in [2.45, 2.75) is 71.3 Å². The summed E-state index contributed by atoms with van der Waals surface area (Å²) in [5.74, 6) is 2.12. The second-order valence-corrected chi connectivity index (χ2v) is 8.59. The van der Waals surface area contributed by atoms with E-state index in [-0.39, 0.29) is 23.5 Å². The molecule has 0 heterocycles. The van der Waals surface area contributed by atoms with Crippen molar-refractivity contribution in [3.05, 3.63) is 29.3 Å². The molecule has 0 saturated heterocycles. The van der Waals surface area contributed by atoms with Gasteiger partial charge < -0.3 is 9.47 Å². The molecule has 0 spiro atoms. The Kier molecular flexibility index (Phi) is 4.32. The van der Waals surface area contributed by atoms with Crippen LogP contribution in [0.3, 0.4) is 0 Å². The highest BCUT2D eigenvalue weighted by atomic mass is 16.5. The summed E-state index contributed by atoms with van der Waals surface area (Å²) in [7, 11) is 0. The smallest absolute Gasteiger partial charge is 0.308 e. The van der Waals surface area contributed by atoms with E-state index in [0.29, 0.717) is 23.5 Å². The van der Waals surface area contributed by atoms with Crippen LogP contribution in [0.1, 0.15) is 69.9 Å². The topological polar surface area (TPSA) is 52.6 Å². The molecule has 0 N–H and O–H groups in total. The Hall–Kier alpha value is -1.84. The van der Waals surface area contributed by atoms with E-state index in [4.69, 9.17) is 9.47 Å². The number of fused-ring (bicyclic) bond motifs is 5. The van der Waals surface area contributed by atoms with Gasteiger partial charge >= 0.3 is 11.9 Å². The first-order valence-corrected chi connectivity index (χ1v) is 9.87. The summed E-state index contributed by atoms with van der Waals surface area (Å²) in [6.45, 7) is 5.31. The van der Waals surface area contributed by atoms with Crippen LogP contribution in [0, 0.1) is 17.3 Å². The number of ether oxygens (including phenoxy) is 2. The zero-order chi connectivity index (χ0) is 18.5. The van der Waals surface area contributed by atoms with Crippen molar-refractivity contribution in [1.29, 1.82) is 0 Å². The molecule has 140 valence electrons. The molecule has 4 nitrogen and oxygen atoms in total. The minimum atomic E-state index is -0.269. The Morgan fingerprint density at radius 1 is 1.08 bits per heavy atom. The molecule has 1 aromatic rings. The number of benzene rings is 1. The average molecular weight is 356 g/mol. The highest BCUT2D eigenvalue weighted by Crippen LogP contribution is 2.61. The summed E-state index contributed by atoms with van der Waals surface area (Å²) >= 11 is 0. The lowest BCUT2D eigenvalue weighted by Gasteiger charge is -2.50. The third kappa shape index (κ3) is 2.83. The van der Waals surface area contributed by atoms with E-state index < -0.39 is 0 Å². The summed E-state index contributed by atoms with van der Waals surface area (Å²) in [5, 5.41) is 0. The number of carbonyl (C=O) groups excluding carboxylic acids is 2. The molecule has 4 rings (SSSR count). The predicted octanol–water partition coefficient (Wildman–Crippen LogP) is 4.40. The maximum absolute atomic E-state index is 11.5. The maximum atomic E-state index is 11.5. The molecule has 5 atom stereocenters. The van der Waals surface area contributed by atoms with Crippen molar-refractivity contribution in [2.24, 2.45) is 17.3 Å². The van der Waals surface area contributed by atoms with E-state index in [2.05, 4.69) is 19.1 Å². The highest BCUT2D eigenvalue weighted by molar-refractivity contribution is 5.69. The summed E-state index contributed by atoms with van der Waals surface area (Å²) in [4.78, 5) is 22.7. The molecule has 0 aliphatic heterocycles. The van der Waals surface area contributed by atoms with Crippen LogP contribution in [-0.2, 0) is 20.7 Å². The fourth-order valence-electron chi connectivity index (χ4n) is 6.13. The molecular formula is C22H28O4. The number of esters is 2. The molecule has 2 saturated carbocycles. The SMILES string of the molecule is CC(=O)Oc1ccc2c(c1)CC[C@@H]1[C@@H]2CC[C@]2(C)[C@@H](OC(C)=O)CC[C@@H]12. The average Bonchev–Trinajstić information content (AvgIpc) is 2.90. The summed E-state index contributed by atoms with van der Waals surface area (Å²) in [5.41, 5.74) is 2.90. The van der Waals surface area contributed by atoms with E-state index in [1.807, 2.05) is 6.07 Å². The fraction of sp³-hybridized carbons (Fsp3) is 0.636. The van der Waals surface area contributed by atoms with Gasteiger partial charge in [-0.2, -0.15) is 0 Å². The van der Waals surface area contributed by atoms with Crippen molar-refractivity contribution in [1.82, 2.24) is 0 Å². The molecular weight excluding hydrogens is 328 g/mol. The normalized spacial score (nSPS) is 35.0. The molecule has 3 aliphatic carbocycles. The Bertz CT molecular complexity index is 740. The van der Waals surface area contributed by atoms with Gasteiger partial charge in [-0.1, -0.05) is 13.0 Å². The lowest BCUT2D eigenvalue weighted by atomic mass is 9.55. The Balaban J connectivity index is 1.58. The van der Waals surface area contributed by atoms with Gasteiger partial charge in [-0.15, -0.1) is 0 Å². The van der Waals surface area contributed by atoms with Crippen molar-refractivity contribution in [2.75, 3.05) is 0 Å². The lowest BCUT2D eigenvalue weighted by Crippen LogP contribution is -2.45. The fourth-order valence-corrected chi connectivity index (χ4v) is 6.13. The highest BCUT2D eigenvalue weighted by Gasteiger charge is 2.56. The van der Waals surface area contributed by atoms with E-state index >= 15 is 0 Å². The maximum Gasteiger partial charge on any atom is 0.308 e. The van der Waals surface area contributed by atoms with Gasteiger partial charge in [0.25, 0.3) is 0 Å². The van der Waals surface area contributed by atoms with Crippen molar-refractivity contribution < 1.29 is 19.1 Å². The van der Waals surface area contributed by atoms with Gasteiger partial charge in [0.1, 0.15) is 11.9 Å². The quantitative estimate of drug-likeness (QED) is 0.582. The second kappa shape index (κ2) is 6.40. The van der Waals surface area contributed by atoms with Gasteiger partial charge in [0, 0.05) is 19.3 Å². The van der Waals surface area contributed by atoms with Crippen LogP contribution in [0.2, 0.25) is 0 Å². The van der Waals surface area contributed by atoms with Gasteiger partial charge in [-0.3, -0.25) is 9.59 Å². The number of carbonyl (C=O) groups is 2. The van der Waals surface area contributed by atoms with E-state index in [1.165, 1.54) is 31.4 Å². The molecule has 2 fully saturated rings. The van der Waals surface area contributed by atoms with E-state index in [0.717, 1.165) is 32.1 Å². The molecule has 26 heavy (non-hydrogen) atoms. The number of hydrogen-bond acceptors (Lipinski definition) is 4. The second-order valence-electron chi connectivity index (χ2n) is 8.59. The summed E-state index contributed by atoms with van der Waals surface area (Å²) in [6.07, 6.45) is 6.72. The van der Waals surface area contributed by atoms with Gasteiger partial charge in [-0.05, 0) is 79.5 Å². The number of aryl methyl sites for hydroxylation is 1. The minimum Gasteiger partial charge on any atom is -0.462 e. The zero-order valence-corrected chi connectivity index (χ0v) is 15.9. The Morgan fingerprint density at radius 3 is 2.62 bits per heavy atom. The predicted molar refractivity (Wildman–Crippen MR) is 97.9 cm³/mol. The summed E-state index contributed by atoms with van der Waals surface area (Å²) in [6, 6.07) is 6.16. The molecule has 4 heteroatoms. The Labute approximate surface area is 155 Å². The van der Waals surface area contributed by atoms with Crippen LogP contribution in [-0.4, -0.2) is 18.0 Å². The van der Waals surface area contributed by atoms with Crippen LogP contribution in [0.5, 0.6) is 5.75 Å². The van der Waals surface area contributed by atoms with Crippen LogP contribution >= 0.6 is 0 Å². The largest absolute Gasteiger partial charge is 0.462 e. The van der Waals surface area contributed by atoms with Gasteiger partial charge in [0.05, 0.1) is 0 Å². The number of hydrogen-bond donors (Lipinski definition) is 0. The molecule has 0 unspecified atom stereocenters. The third-order valence-electron chi connectivity index (χ3n) is 7.18. The van der Waals surface area contributed by atoms with Gasteiger partial charge in [0.15, 0.2) is 0 Å². The molecule has 1 aromatic carbocycles. The first-order chi connectivity index (χ1) is 12.4. The zero-order valence-electron chi connectivity index (χ0n) is 15.9. The molecule has 0 aromatic heterocycles. The van der Waals surface area contributed by atoms with Crippen LogP contribution in [0.15, 0.2) is 18.2 Å². The van der Waals surface area contributed by atoms with Crippen molar-refractivity contribution >= 4 is 11.9 Å². The molecule has 3 aliphatic rings. The van der Waals surface area contributed by atoms with E-state index in [9.17, 15) is 9.59 Å². The first kappa shape index (κ1) is 17.6. The number of rotatable bonds is 2.